The summed E-state index contributed by atoms with van der Waals surface area (Å²) in [5.74, 6) is 0. The van der Waals surface area contributed by atoms with Gasteiger partial charge in [0.1, 0.15) is 0 Å². The minimum atomic E-state index is -0.120. The quantitative estimate of drug-likeness (QED) is 0.178. The SMILES string of the molecule is CC1(C)c2cccc(-c3cc(-c4ccccc4)cc(-c4ccc5ccc6cccc7ccc4c5c67)c3)c2-c2cccc3cccc1c23. The summed E-state index contributed by atoms with van der Waals surface area (Å²) in [5, 5.41) is 10.6. The van der Waals surface area contributed by atoms with Crippen molar-refractivity contribution in [3.8, 4) is 44.5 Å². The third-order valence-electron chi connectivity index (χ3n) is 10.8. The van der Waals surface area contributed by atoms with E-state index in [1.54, 1.807) is 0 Å². The highest BCUT2D eigenvalue weighted by molar-refractivity contribution is 6.25. The van der Waals surface area contributed by atoms with Crippen LogP contribution in [0.3, 0.4) is 0 Å². The van der Waals surface area contributed by atoms with Crippen molar-refractivity contribution >= 4 is 43.1 Å². The predicted molar refractivity (Wildman–Crippen MR) is 202 cm³/mol. The Morgan fingerprint density at radius 2 is 0.894 bits per heavy atom. The van der Waals surface area contributed by atoms with Crippen LogP contribution in [0.2, 0.25) is 0 Å². The van der Waals surface area contributed by atoms with Gasteiger partial charge in [-0.1, -0.05) is 153 Å². The fraction of sp³-hybridized carbons (Fsp3) is 0.0638. The zero-order chi connectivity index (χ0) is 31.3. The van der Waals surface area contributed by atoms with Gasteiger partial charge in [-0.2, -0.15) is 0 Å². The van der Waals surface area contributed by atoms with Crippen molar-refractivity contribution in [2.45, 2.75) is 19.3 Å². The summed E-state index contributed by atoms with van der Waals surface area (Å²) in [6, 6.07) is 59.0. The van der Waals surface area contributed by atoms with E-state index in [0.717, 1.165) is 0 Å². The van der Waals surface area contributed by atoms with E-state index in [9.17, 15) is 0 Å². The molecule has 0 bridgehead atoms. The van der Waals surface area contributed by atoms with Gasteiger partial charge >= 0.3 is 0 Å². The van der Waals surface area contributed by atoms with E-state index in [4.69, 9.17) is 0 Å². The Morgan fingerprint density at radius 3 is 1.68 bits per heavy atom. The molecule has 0 fully saturated rings. The maximum absolute atomic E-state index is 2.43. The summed E-state index contributed by atoms with van der Waals surface area (Å²) < 4.78 is 0. The molecule has 0 radical (unpaired) electrons. The highest BCUT2D eigenvalue weighted by atomic mass is 14.4. The van der Waals surface area contributed by atoms with E-state index < -0.39 is 0 Å². The first-order valence-electron chi connectivity index (χ1n) is 16.6. The zero-order valence-corrected chi connectivity index (χ0v) is 26.5. The van der Waals surface area contributed by atoms with E-state index in [1.807, 2.05) is 0 Å². The molecule has 0 atom stereocenters. The molecule has 220 valence electrons. The Morgan fingerprint density at radius 1 is 0.340 bits per heavy atom. The van der Waals surface area contributed by atoms with Crippen LogP contribution in [0.15, 0.2) is 158 Å². The fourth-order valence-corrected chi connectivity index (χ4v) is 8.54. The van der Waals surface area contributed by atoms with Gasteiger partial charge in [0.2, 0.25) is 0 Å². The molecule has 0 unspecified atom stereocenters. The lowest BCUT2D eigenvalue weighted by Gasteiger charge is -2.36. The van der Waals surface area contributed by atoms with Gasteiger partial charge in [-0.25, -0.2) is 0 Å². The summed E-state index contributed by atoms with van der Waals surface area (Å²) in [6.45, 7) is 4.77. The van der Waals surface area contributed by atoms with Gasteiger partial charge in [0, 0.05) is 5.41 Å². The number of hydrogen-bond acceptors (Lipinski definition) is 0. The average Bonchev–Trinajstić information content (AvgIpc) is 3.12. The standard InChI is InChI=1S/C47H32/c1-47(2)41-18-8-15-30-14-7-17-40(44(30)41)46-38(16-9-19-42(46)47)36-27-34(29-10-4-3-5-11-29)26-35(28-36)37-24-22-33-21-20-31-12-6-13-32-23-25-39(37)45(33)43(31)32/h3-28H,1-2H3. The van der Waals surface area contributed by atoms with Gasteiger partial charge in [0.15, 0.2) is 0 Å². The predicted octanol–water partition coefficient (Wildman–Crippen LogP) is 13.0. The second-order valence-electron chi connectivity index (χ2n) is 13.7. The van der Waals surface area contributed by atoms with Crippen molar-refractivity contribution in [1.29, 1.82) is 0 Å². The maximum atomic E-state index is 2.43. The third kappa shape index (κ3) is 3.76. The molecule has 0 saturated carbocycles. The first-order chi connectivity index (χ1) is 23.1. The maximum Gasteiger partial charge on any atom is 0.0159 e. The van der Waals surface area contributed by atoms with Crippen LogP contribution in [0.4, 0.5) is 0 Å². The fourth-order valence-electron chi connectivity index (χ4n) is 8.54. The molecule has 0 N–H and O–H groups in total. The minimum absolute atomic E-state index is 0.120. The molecule has 0 saturated heterocycles. The molecule has 1 aliphatic rings. The van der Waals surface area contributed by atoms with E-state index in [1.165, 1.54) is 98.7 Å². The summed E-state index contributed by atoms with van der Waals surface area (Å²) >= 11 is 0. The molecule has 0 spiro atoms. The molecule has 9 aromatic carbocycles. The van der Waals surface area contributed by atoms with Crippen LogP contribution in [0.1, 0.15) is 25.0 Å². The number of fused-ring (bicyclic) bond motifs is 2. The van der Waals surface area contributed by atoms with Gasteiger partial charge in [-0.05, 0) is 117 Å². The van der Waals surface area contributed by atoms with Gasteiger partial charge in [-0.15, -0.1) is 0 Å². The van der Waals surface area contributed by atoms with Crippen LogP contribution < -0.4 is 0 Å². The Hall–Kier alpha value is -5.72. The van der Waals surface area contributed by atoms with Crippen LogP contribution in [-0.4, -0.2) is 0 Å². The zero-order valence-electron chi connectivity index (χ0n) is 26.5. The molecular weight excluding hydrogens is 565 g/mol. The van der Waals surface area contributed by atoms with Crippen molar-refractivity contribution < 1.29 is 0 Å². The summed E-state index contributed by atoms with van der Waals surface area (Å²) in [6.07, 6.45) is 0. The number of hydrogen-bond donors (Lipinski definition) is 0. The van der Waals surface area contributed by atoms with Crippen LogP contribution in [0.25, 0.3) is 87.6 Å². The summed E-state index contributed by atoms with van der Waals surface area (Å²) in [4.78, 5) is 0. The van der Waals surface area contributed by atoms with Crippen LogP contribution in [0.5, 0.6) is 0 Å². The Bertz CT molecular complexity index is 2670. The Labute approximate surface area is 274 Å². The topological polar surface area (TPSA) is 0 Å². The van der Waals surface area contributed by atoms with Gasteiger partial charge in [-0.3, -0.25) is 0 Å². The van der Waals surface area contributed by atoms with Crippen molar-refractivity contribution in [2.75, 3.05) is 0 Å². The van der Waals surface area contributed by atoms with Gasteiger partial charge in [0.05, 0.1) is 0 Å². The summed E-state index contributed by atoms with van der Waals surface area (Å²) in [7, 11) is 0. The molecule has 1 aliphatic carbocycles. The molecule has 0 aliphatic heterocycles. The molecule has 10 rings (SSSR count). The molecule has 0 heterocycles. The van der Waals surface area contributed by atoms with E-state index in [0.29, 0.717) is 0 Å². The highest BCUT2D eigenvalue weighted by Gasteiger charge is 2.34. The van der Waals surface area contributed by atoms with Crippen LogP contribution in [0, 0.1) is 0 Å². The highest BCUT2D eigenvalue weighted by Crippen LogP contribution is 2.52. The number of benzene rings is 9. The van der Waals surface area contributed by atoms with Gasteiger partial charge < -0.3 is 0 Å². The molecule has 0 heteroatoms. The molecule has 0 nitrogen and oxygen atoms in total. The van der Waals surface area contributed by atoms with Crippen molar-refractivity contribution in [2.24, 2.45) is 0 Å². The van der Waals surface area contributed by atoms with Gasteiger partial charge in [0.25, 0.3) is 0 Å². The second kappa shape index (κ2) is 9.64. The first-order valence-corrected chi connectivity index (χ1v) is 16.6. The number of rotatable bonds is 3. The monoisotopic (exact) mass is 596 g/mol. The summed E-state index contributed by atoms with van der Waals surface area (Å²) in [5.41, 5.74) is 12.9. The Balaban J connectivity index is 1.29. The minimum Gasteiger partial charge on any atom is -0.0622 e. The largest absolute Gasteiger partial charge is 0.0622 e. The molecule has 9 aromatic rings. The lowest BCUT2D eigenvalue weighted by molar-refractivity contribution is 0.645. The molecule has 47 heavy (non-hydrogen) atoms. The molecule has 0 aromatic heterocycles. The average molecular weight is 597 g/mol. The van der Waals surface area contributed by atoms with E-state index in [2.05, 4.69) is 172 Å². The van der Waals surface area contributed by atoms with Crippen LogP contribution in [-0.2, 0) is 5.41 Å². The Kier molecular flexibility index (Phi) is 5.44. The third-order valence-corrected chi connectivity index (χ3v) is 10.8. The lowest BCUT2D eigenvalue weighted by Crippen LogP contribution is -2.24. The second-order valence-corrected chi connectivity index (χ2v) is 13.7. The van der Waals surface area contributed by atoms with Crippen molar-refractivity contribution in [3.05, 3.63) is 169 Å². The normalized spacial score (nSPS) is 13.5. The van der Waals surface area contributed by atoms with Crippen molar-refractivity contribution in [1.82, 2.24) is 0 Å². The van der Waals surface area contributed by atoms with Crippen LogP contribution >= 0.6 is 0 Å². The molecule has 0 amide bonds. The molecular formula is C47H32. The smallest absolute Gasteiger partial charge is 0.0159 e. The van der Waals surface area contributed by atoms with E-state index >= 15 is 0 Å². The first kappa shape index (κ1) is 26.5. The lowest BCUT2D eigenvalue weighted by atomic mass is 9.67. The van der Waals surface area contributed by atoms with Crippen molar-refractivity contribution in [3.63, 3.8) is 0 Å². The van der Waals surface area contributed by atoms with E-state index in [-0.39, 0.29) is 5.41 Å².